The van der Waals surface area contributed by atoms with Gasteiger partial charge in [-0.3, -0.25) is 0 Å². The van der Waals surface area contributed by atoms with E-state index in [1.807, 2.05) is 0 Å². The predicted octanol–water partition coefficient (Wildman–Crippen LogP) is 8.69. The average molecular weight is 413 g/mol. The van der Waals surface area contributed by atoms with Gasteiger partial charge < -0.3 is 9.05 Å². The molecule has 28 heavy (non-hydrogen) atoms. The largest absolute Gasteiger partial charge is 0.336 e. The van der Waals surface area contributed by atoms with E-state index in [1.54, 1.807) is 0 Å². The first-order valence-corrected chi connectivity index (χ1v) is 13.4. The van der Waals surface area contributed by atoms with Crippen LogP contribution in [0.1, 0.15) is 124 Å². The van der Waals surface area contributed by atoms with E-state index in [0.717, 1.165) is 24.4 Å². The monoisotopic (exact) mass is 412 g/mol. The molecule has 2 rings (SSSR count). The van der Waals surface area contributed by atoms with Crippen molar-refractivity contribution < 1.29 is 9.05 Å². The third-order valence-electron chi connectivity index (χ3n) is 7.89. The predicted molar refractivity (Wildman–Crippen MR) is 124 cm³/mol. The normalized spacial score (nSPS) is 26.1. The van der Waals surface area contributed by atoms with Crippen LogP contribution in [-0.2, 0) is 9.05 Å². The zero-order valence-corrected chi connectivity index (χ0v) is 20.4. The Morgan fingerprint density at radius 1 is 0.821 bits per heavy atom. The maximum absolute atomic E-state index is 6.15. The first kappa shape index (κ1) is 24.6. The van der Waals surface area contributed by atoms with E-state index >= 15 is 0 Å². The number of rotatable bonds is 13. The van der Waals surface area contributed by atoms with Crippen molar-refractivity contribution in [2.75, 3.05) is 6.61 Å². The summed E-state index contributed by atoms with van der Waals surface area (Å²) in [5.41, 5.74) is 0.524. The molecule has 3 heteroatoms. The summed E-state index contributed by atoms with van der Waals surface area (Å²) in [6.45, 7) is 10.6. The van der Waals surface area contributed by atoms with Crippen LogP contribution in [0.3, 0.4) is 0 Å². The fourth-order valence-corrected chi connectivity index (χ4v) is 6.50. The van der Waals surface area contributed by atoms with E-state index in [2.05, 4.69) is 27.7 Å². The summed E-state index contributed by atoms with van der Waals surface area (Å²) < 4.78 is 12.1. The minimum atomic E-state index is 0.249. The van der Waals surface area contributed by atoms with Crippen molar-refractivity contribution in [1.82, 2.24) is 0 Å². The summed E-state index contributed by atoms with van der Waals surface area (Å²) in [6.07, 6.45) is 20.9. The van der Waals surface area contributed by atoms with E-state index in [-0.39, 0.29) is 9.03 Å². The second kappa shape index (κ2) is 13.6. The molecule has 2 aliphatic carbocycles. The molecule has 2 aliphatic rings. The fraction of sp³-hybridized carbons (Fsp3) is 1.00. The van der Waals surface area contributed by atoms with Gasteiger partial charge in [0, 0.05) is 0 Å². The van der Waals surface area contributed by atoms with Crippen molar-refractivity contribution in [3.63, 3.8) is 0 Å². The Hall–Kier alpha value is 0.350. The molecular formula is C25H49O2P. The summed E-state index contributed by atoms with van der Waals surface area (Å²) in [5.74, 6) is 2.59. The van der Waals surface area contributed by atoms with Gasteiger partial charge in [-0.25, -0.2) is 0 Å². The second-order valence-corrected chi connectivity index (χ2v) is 11.0. The van der Waals surface area contributed by atoms with Crippen LogP contribution >= 0.6 is 9.03 Å². The molecule has 166 valence electrons. The van der Waals surface area contributed by atoms with Crippen LogP contribution in [-0.4, -0.2) is 12.7 Å². The first-order chi connectivity index (χ1) is 13.6. The number of hydrogen-bond donors (Lipinski definition) is 0. The Morgan fingerprint density at radius 3 is 2.14 bits per heavy atom. The number of hydrogen-bond acceptors (Lipinski definition) is 2. The van der Waals surface area contributed by atoms with Gasteiger partial charge in [0.1, 0.15) is 0 Å². The van der Waals surface area contributed by atoms with Crippen molar-refractivity contribution in [1.29, 1.82) is 0 Å². The highest BCUT2D eigenvalue weighted by atomic mass is 31.1. The van der Waals surface area contributed by atoms with E-state index in [1.165, 1.54) is 96.3 Å². The molecule has 0 N–H and O–H groups in total. The minimum absolute atomic E-state index is 0.249. The summed E-state index contributed by atoms with van der Waals surface area (Å²) in [6, 6.07) is 0. The highest BCUT2D eigenvalue weighted by molar-refractivity contribution is 7.26. The van der Waals surface area contributed by atoms with Crippen LogP contribution in [0.4, 0.5) is 0 Å². The molecule has 0 aliphatic heterocycles. The molecule has 0 aromatic rings. The molecule has 2 fully saturated rings. The zero-order valence-electron chi connectivity index (χ0n) is 19.4. The molecule has 0 heterocycles. The maximum atomic E-state index is 6.15. The summed E-state index contributed by atoms with van der Waals surface area (Å²) in [5, 5.41) is 0. The lowest BCUT2D eigenvalue weighted by molar-refractivity contribution is 0.0292. The van der Waals surface area contributed by atoms with Crippen LogP contribution < -0.4 is 0 Å². The first-order valence-electron chi connectivity index (χ1n) is 12.6. The van der Waals surface area contributed by atoms with Gasteiger partial charge in [-0.05, 0) is 74.5 Å². The maximum Gasteiger partial charge on any atom is 0.155 e. The molecule has 2 nitrogen and oxygen atoms in total. The fourth-order valence-electron chi connectivity index (χ4n) is 5.76. The van der Waals surface area contributed by atoms with Gasteiger partial charge in [0.2, 0.25) is 0 Å². The molecule has 2 atom stereocenters. The van der Waals surface area contributed by atoms with E-state index in [4.69, 9.17) is 9.05 Å². The van der Waals surface area contributed by atoms with Crippen molar-refractivity contribution in [3.05, 3.63) is 0 Å². The molecule has 0 bridgehead atoms. The van der Waals surface area contributed by atoms with Gasteiger partial charge in [0.15, 0.2) is 9.03 Å². The molecule has 0 aromatic heterocycles. The van der Waals surface area contributed by atoms with Crippen molar-refractivity contribution in [2.24, 2.45) is 23.2 Å². The summed E-state index contributed by atoms with van der Waals surface area (Å²) in [4.78, 5) is 0. The van der Waals surface area contributed by atoms with Crippen LogP contribution in [0.25, 0.3) is 0 Å². The van der Waals surface area contributed by atoms with Gasteiger partial charge in [-0.15, -0.1) is 0 Å². The molecule has 2 saturated carbocycles. The minimum Gasteiger partial charge on any atom is -0.336 e. The Balaban J connectivity index is 1.61. The van der Waals surface area contributed by atoms with Gasteiger partial charge >= 0.3 is 0 Å². The molecular weight excluding hydrogens is 363 g/mol. The van der Waals surface area contributed by atoms with Gasteiger partial charge in [-0.2, -0.15) is 0 Å². The van der Waals surface area contributed by atoms with Crippen LogP contribution in [0.5, 0.6) is 0 Å². The molecule has 0 spiro atoms. The smallest absolute Gasteiger partial charge is 0.155 e. The van der Waals surface area contributed by atoms with Gasteiger partial charge in [0.25, 0.3) is 0 Å². The van der Waals surface area contributed by atoms with E-state index in [9.17, 15) is 0 Å². The molecule has 0 saturated heterocycles. The molecule has 2 unspecified atom stereocenters. The average Bonchev–Trinajstić information content (AvgIpc) is 2.72. The summed E-state index contributed by atoms with van der Waals surface area (Å²) >= 11 is 0. The topological polar surface area (TPSA) is 18.5 Å². The van der Waals surface area contributed by atoms with Crippen molar-refractivity contribution in [2.45, 2.75) is 130 Å². The lowest BCUT2D eigenvalue weighted by atomic mass is 9.61. The quantitative estimate of drug-likeness (QED) is 0.222. The molecule has 0 radical (unpaired) electrons. The van der Waals surface area contributed by atoms with Crippen LogP contribution in [0, 0.1) is 23.2 Å². The Labute approximate surface area is 178 Å². The highest BCUT2D eigenvalue weighted by Crippen LogP contribution is 2.49. The van der Waals surface area contributed by atoms with Gasteiger partial charge in [-0.1, -0.05) is 72.6 Å². The van der Waals surface area contributed by atoms with Gasteiger partial charge in [0.05, 0.1) is 12.7 Å². The SMILES string of the molecule is CCCCCC(CCC)COPOC1CCC(C(C)(C)C2CCCCC2)CC1. The highest BCUT2D eigenvalue weighted by Gasteiger charge is 2.39. The molecule has 0 amide bonds. The summed E-state index contributed by atoms with van der Waals surface area (Å²) in [7, 11) is 0.249. The molecule has 0 aromatic carbocycles. The number of unbranched alkanes of at least 4 members (excludes halogenated alkanes) is 2. The Morgan fingerprint density at radius 2 is 1.50 bits per heavy atom. The Bertz CT molecular complexity index is 384. The Kier molecular flexibility index (Phi) is 12.0. The third kappa shape index (κ3) is 8.23. The van der Waals surface area contributed by atoms with Crippen molar-refractivity contribution >= 4 is 9.03 Å². The lowest BCUT2D eigenvalue weighted by Crippen LogP contribution is -2.37. The van der Waals surface area contributed by atoms with Crippen LogP contribution in [0.2, 0.25) is 0 Å². The van der Waals surface area contributed by atoms with Crippen LogP contribution in [0.15, 0.2) is 0 Å². The lowest BCUT2D eigenvalue weighted by Gasteiger charge is -2.45. The van der Waals surface area contributed by atoms with Crippen molar-refractivity contribution in [3.8, 4) is 0 Å². The van der Waals surface area contributed by atoms with E-state index in [0.29, 0.717) is 11.5 Å². The third-order valence-corrected chi connectivity index (χ3v) is 8.60. The van der Waals surface area contributed by atoms with E-state index < -0.39 is 0 Å². The second-order valence-electron chi connectivity index (χ2n) is 10.3. The standard InChI is InChI=1S/C25H49O2P/c1-5-7-9-13-21(12-6-2)20-26-28-27-24-18-16-23(17-19-24)25(3,4)22-14-10-8-11-15-22/h21-24,28H,5-20H2,1-4H3. The zero-order chi connectivity index (χ0) is 20.2.